The number of carbonyl (C=O) groups excluding carboxylic acids is 2. The van der Waals surface area contributed by atoms with Crippen LogP contribution in [0.4, 0.5) is 5.69 Å². The third-order valence-corrected chi connectivity index (χ3v) is 4.77. The van der Waals surface area contributed by atoms with Crippen molar-refractivity contribution in [2.45, 2.75) is 46.2 Å². The van der Waals surface area contributed by atoms with Crippen LogP contribution >= 0.6 is 0 Å². The first-order valence-corrected chi connectivity index (χ1v) is 9.87. The van der Waals surface area contributed by atoms with Crippen LogP contribution in [0.3, 0.4) is 0 Å². The second kappa shape index (κ2) is 9.22. The van der Waals surface area contributed by atoms with E-state index >= 15 is 0 Å². The Labute approximate surface area is 165 Å². The summed E-state index contributed by atoms with van der Waals surface area (Å²) in [6.45, 7) is 5.24. The third kappa shape index (κ3) is 4.60. The molecule has 0 bridgehead atoms. The second-order valence-corrected chi connectivity index (χ2v) is 6.88. The van der Waals surface area contributed by atoms with Gasteiger partial charge < -0.3 is 15.2 Å². The summed E-state index contributed by atoms with van der Waals surface area (Å²) in [6, 6.07) is 17.6. The maximum Gasteiger partial charge on any atom is 0.268 e. The Hall–Kier alpha value is -3.08. The number of benzene rings is 2. The van der Waals surface area contributed by atoms with Crippen LogP contribution in [0, 0.1) is 0 Å². The van der Waals surface area contributed by atoms with E-state index in [4.69, 9.17) is 0 Å². The number of amides is 2. The highest BCUT2D eigenvalue weighted by Crippen LogP contribution is 2.24. The predicted molar refractivity (Wildman–Crippen MR) is 113 cm³/mol. The van der Waals surface area contributed by atoms with Crippen LogP contribution in [-0.4, -0.2) is 16.4 Å². The zero-order valence-corrected chi connectivity index (χ0v) is 16.5. The molecular weight excluding hydrogens is 350 g/mol. The maximum absolute atomic E-state index is 12.9. The molecule has 146 valence electrons. The van der Waals surface area contributed by atoms with Crippen molar-refractivity contribution < 1.29 is 9.59 Å². The van der Waals surface area contributed by atoms with Gasteiger partial charge in [0.2, 0.25) is 5.91 Å². The molecule has 0 aliphatic heterocycles. The van der Waals surface area contributed by atoms with Gasteiger partial charge in [0.05, 0.1) is 0 Å². The van der Waals surface area contributed by atoms with Crippen LogP contribution < -0.4 is 10.6 Å². The Morgan fingerprint density at radius 1 is 1.00 bits per heavy atom. The largest absolute Gasteiger partial charge is 0.347 e. The summed E-state index contributed by atoms with van der Waals surface area (Å²) in [6.07, 6.45) is 2.48. The topological polar surface area (TPSA) is 63.1 Å². The summed E-state index contributed by atoms with van der Waals surface area (Å²) in [5, 5.41) is 6.86. The van der Waals surface area contributed by atoms with Crippen LogP contribution in [0.25, 0.3) is 10.9 Å². The minimum Gasteiger partial charge on any atom is -0.347 e. The van der Waals surface area contributed by atoms with E-state index in [2.05, 4.69) is 22.1 Å². The number of aromatic nitrogens is 1. The number of hydrogen-bond acceptors (Lipinski definition) is 2. The van der Waals surface area contributed by atoms with Gasteiger partial charge in [-0.15, -0.1) is 0 Å². The molecule has 0 fully saturated rings. The van der Waals surface area contributed by atoms with Gasteiger partial charge in [-0.05, 0) is 36.2 Å². The van der Waals surface area contributed by atoms with E-state index in [1.165, 1.54) is 0 Å². The Kier molecular flexibility index (Phi) is 6.48. The Balaban J connectivity index is 1.87. The minimum absolute atomic E-state index is 0.0226. The van der Waals surface area contributed by atoms with Crippen molar-refractivity contribution in [1.82, 2.24) is 9.88 Å². The molecule has 5 heteroatoms. The van der Waals surface area contributed by atoms with Crippen molar-refractivity contribution in [2.75, 3.05) is 5.32 Å². The van der Waals surface area contributed by atoms with Crippen LogP contribution in [0.15, 0.2) is 54.6 Å². The number of anilines is 1. The molecular formula is C23H27N3O2. The van der Waals surface area contributed by atoms with Gasteiger partial charge >= 0.3 is 0 Å². The van der Waals surface area contributed by atoms with Gasteiger partial charge in [-0.2, -0.15) is 0 Å². The van der Waals surface area contributed by atoms with Gasteiger partial charge in [-0.25, -0.2) is 0 Å². The van der Waals surface area contributed by atoms with Gasteiger partial charge in [-0.1, -0.05) is 50.6 Å². The summed E-state index contributed by atoms with van der Waals surface area (Å²) >= 11 is 0. The third-order valence-electron chi connectivity index (χ3n) is 4.77. The zero-order valence-electron chi connectivity index (χ0n) is 16.5. The monoisotopic (exact) mass is 377 g/mol. The zero-order chi connectivity index (χ0) is 19.9. The van der Waals surface area contributed by atoms with E-state index < -0.39 is 0 Å². The van der Waals surface area contributed by atoms with Crippen molar-refractivity contribution in [1.29, 1.82) is 0 Å². The van der Waals surface area contributed by atoms with Crippen molar-refractivity contribution in [3.05, 3.63) is 65.9 Å². The maximum atomic E-state index is 12.9. The predicted octanol–water partition coefficient (Wildman–Crippen LogP) is 4.72. The standard InChI is InChI=1S/C23H27N3O2/c1-3-5-13-26-20-12-11-19(25-22(27)4-2)14-18(20)15-21(26)23(28)24-16-17-9-7-6-8-10-17/h6-12,14-15H,3-5,13,16H2,1-2H3,(H,24,28)(H,25,27). The second-order valence-electron chi connectivity index (χ2n) is 6.88. The lowest BCUT2D eigenvalue weighted by molar-refractivity contribution is -0.115. The summed E-state index contributed by atoms with van der Waals surface area (Å²) in [5.41, 5.74) is 3.48. The highest BCUT2D eigenvalue weighted by molar-refractivity contribution is 6.00. The normalized spacial score (nSPS) is 10.8. The number of unbranched alkanes of at least 4 members (excludes halogenated alkanes) is 1. The van der Waals surface area contributed by atoms with Gasteiger partial charge in [0, 0.05) is 36.1 Å². The average Bonchev–Trinajstić information content (AvgIpc) is 3.08. The van der Waals surface area contributed by atoms with Crippen LogP contribution in [0.5, 0.6) is 0 Å². The lowest BCUT2D eigenvalue weighted by Crippen LogP contribution is -2.25. The lowest BCUT2D eigenvalue weighted by Gasteiger charge is -2.11. The Morgan fingerprint density at radius 3 is 2.50 bits per heavy atom. The summed E-state index contributed by atoms with van der Waals surface area (Å²) in [4.78, 5) is 24.6. The van der Waals surface area contributed by atoms with Gasteiger partial charge in [0.25, 0.3) is 5.91 Å². The minimum atomic E-state index is -0.0877. The first-order chi connectivity index (χ1) is 13.6. The number of rotatable bonds is 8. The molecule has 3 rings (SSSR count). The van der Waals surface area contributed by atoms with E-state index in [1.54, 1.807) is 0 Å². The molecule has 5 nitrogen and oxygen atoms in total. The fourth-order valence-corrected chi connectivity index (χ4v) is 3.21. The van der Waals surface area contributed by atoms with E-state index in [9.17, 15) is 9.59 Å². The average molecular weight is 377 g/mol. The van der Waals surface area contributed by atoms with E-state index in [1.807, 2.05) is 61.5 Å². The number of nitrogens with zero attached hydrogens (tertiary/aromatic N) is 1. The number of aryl methyl sites for hydroxylation is 1. The van der Waals surface area contributed by atoms with Crippen molar-refractivity contribution in [3.63, 3.8) is 0 Å². The van der Waals surface area contributed by atoms with Crippen molar-refractivity contribution in [3.8, 4) is 0 Å². The molecule has 0 aliphatic rings. The molecule has 0 spiro atoms. The highest BCUT2D eigenvalue weighted by Gasteiger charge is 2.16. The molecule has 2 N–H and O–H groups in total. The van der Waals surface area contributed by atoms with Crippen LogP contribution in [0.2, 0.25) is 0 Å². The van der Waals surface area contributed by atoms with Crippen molar-refractivity contribution in [2.24, 2.45) is 0 Å². The van der Waals surface area contributed by atoms with Crippen molar-refractivity contribution >= 4 is 28.4 Å². The van der Waals surface area contributed by atoms with E-state index in [0.717, 1.165) is 41.5 Å². The van der Waals surface area contributed by atoms with E-state index in [-0.39, 0.29) is 11.8 Å². The molecule has 3 aromatic rings. The molecule has 28 heavy (non-hydrogen) atoms. The molecule has 2 amide bonds. The highest BCUT2D eigenvalue weighted by atomic mass is 16.2. The molecule has 0 atom stereocenters. The molecule has 1 aromatic heterocycles. The molecule has 0 radical (unpaired) electrons. The number of nitrogens with one attached hydrogen (secondary N) is 2. The SMILES string of the molecule is CCCCn1c(C(=O)NCc2ccccc2)cc2cc(NC(=O)CC)ccc21. The molecule has 0 saturated carbocycles. The molecule has 0 unspecified atom stereocenters. The van der Waals surface area contributed by atoms with Crippen LogP contribution in [-0.2, 0) is 17.9 Å². The number of carbonyl (C=O) groups is 2. The Morgan fingerprint density at radius 2 is 1.79 bits per heavy atom. The molecule has 2 aromatic carbocycles. The molecule has 0 aliphatic carbocycles. The number of hydrogen-bond donors (Lipinski definition) is 2. The fourth-order valence-electron chi connectivity index (χ4n) is 3.21. The van der Waals surface area contributed by atoms with Gasteiger partial charge in [0.15, 0.2) is 0 Å². The summed E-state index contributed by atoms with van der Waals surface area (Å²) in [5.74, 6) is -0.110. The lowest BCUT2D eigenvalue weighted by atomic mass is 10.2. The summed E-state index contributed by atoms with van der Waals surface area (Å²) in [7, 11) is 0. The molecule has 1 heterocycles. The van der Waals surface area contributed by atoms with Gasteiger partial charge in [0.1, 0.15) is 5.69 Å². The first kappa shape index (κ1) is 19.7. The molecule has 0 saturated heterocycles. The smallest absolute Gasteiger partial charge is 0.268 e. The first-order valence-electron chi connectivity index (χ1n) is 9.87. The van der Waals surface area contributed by atoms with Crippen LogP contribution in [0.1, 0.15) is 49.2 Å². The van der Waals surface area contributed by atoms with E-state index in [0.29, 0.717) is 18.7 Å². The quantitative estimate of drug-likeness (QED) is 0.597. The Bertz CT molecular complexity index is 961. The summed E-state index contributed by atoms with van der Waals surface area (Å²) < 4.78 is 2.07. The van der Waals surface area contributed by atoms with Gasteiger partial charge in [-0.3, -0.25) is 9.59 Å². The fraction of sp³-hybridized carbons (Fsp3) is 0.304. The number of fused-ring (bicyclic) bond motifs is 1.